The minimum absolute atomic E-state index is 0.0194. The number of nitrogens with zero attached hydrogens (tertiary/aromatic N) is 3. The van der Waals surface area contributed by atoms with Crippen molar-refractivity contribution in [1.82, 2.24) is 9.97 Å². The van der Waals surface area contributed by atoms with Crippen molar-refractivity contribution >= 4 is 36.0 Å². The second-order valence-corrected chi connectivity index (χ2v) is 4.46. The topological polar surface area (TPSA) is 55.3 Å². The highest BCUT2D eigenvalue weighted by molar-refractivity contribution is 7.81. The summed E-state index contributed by atoms with van der Waals surface area (Å²) >= 11 is 9.97. The standard InChI is InChI=1S/C9H10ClN3O2S/c1-15-6-3-11-9(10)12-8(6)13-4-5(16)2-7(13)14/h3,5,16H,2,4H2,1H3. The van der Waals surface area contributed by atoms with Gasteiger partial charge >= 0.3 is 0 Å². The Morgan fingerprint density at radius 3 is 3.00 bits per heavy atom. The molecule has 1 aromatic rings. The molecule has 1 atom stereocenters. The number of amides is 1. The van der Waals surface area contributed by atoms with Gasteiger partial charge in [0.15, 0.2) is 11.6 Å². The molecule has 0 saturated carbocycles. The maximum absolute atomic E-state index is 11.7. The SMILES string of the molecule is COc1cnc(Cl)nc1N1CC(S)CC1=O. The third-order valence-corrected chi connectivity index (χ3v) is 2.82. The van der Waals surface area contributed by atoms with Crippen molar-refractivity contribution in [2.75, 3.05) is 18.6 Å². The van der Waals surface area contributed by atoms with Gasteiger partial charge in [-0.15, -0.1) is 0 Å². The van der Waals surface area contributed by atoms with E-state index in [9.17, 15) is 4.79 Å². The number of hydrogen-bond donors (Lipinski definition) is 1. The Balaban J connectivity index is 2.39. The van der Waals surface area contributed by atoms with Gasteiger partial charge in [-0.2, -0.15) is 17.6 Å². The zero-order valence-corrected chi connectivity index (χ0v) is 10.2. The Hall–Kier alpha value is -1.01. The number of carbonyl (C=O) groups excluding carboxylic acids is 1. The van der Waals surface area contributed by atoms with Crippen molar-refractivity contribution < 1.29 is 9.53 Å². The lowest BCUT2D eigenvalue weighted by Crippen LogP contribution is -2.26. The van der Waals surface area contributed by atoms with Crippen LogP contribution in [0.2, 0.25) is 5.28 Å². The molecule has 1 amide bonds. The van der Waals surface area contributed by atoms with E-state index in [4.69, 9.17) is 16.3 Å². The van der Waals surface area contributed by atoms with Crippen molar-refractivity contribution in [3.8, 4) is 5.75 Å². The maximum atomic E-state index is 11.7. The number of rotatable bonds is 2. The molecule has 5 nitrogen and oxygen atoms in total. The number of methoxy groups -OCH3 is 1. The van der Waals surface area contributed by atoms with Crippen LogP contribution in [-0.2, 0) is 4.79 Å². The third-order valence-electron chi connectivity index (χ3n) is 2.29. The predicted octanol–water partition coefficient (Wildman–Crippen LogP) is 1.17. The van der Waals surface area contributed by atoms with E-state index in [0.717, 1.165) is 0 Å². The van der Waals surface area contributed by atoms with Gasteiger partial charge in [-0.3, -0.25) is 9.69 Å². The van der Waals surface area contributed by atoms with Gasteiger partial charge in [0.25, 0.3) is 0 Å². The molecule has 86 valence electrons. The van der Waals surface area contributed by atoms with Gasteiger partial charge in [-0.05, 0) is 11.6 Å². The lowest BCUT2D eigenvalue weighted by Gasteiger charge is -2.17. The number of hydrogen-bond acceptors (Lipinski definition) is 5. The summed E-state index contributed by atoms with van der Waals surface area (Å²) in [6.45, 7) is 0.506. The van der Waals surface area contributed by atoms with E-state index in [1.165, 1.54) is 18.2 Å². The summed E-state index contributed by atoms with van der Waals surface area (Å²) in [6.07, 6.45) is 1.84. The number of carbonyl (C=O) groups is 1. The zero-order valence-electron chi connectivity index (χ0n) is 8.55. The van der Waals surface area contributed by atoms with Gasteiger partial charge in [-0.1, -0.05) is 0 Å². The normalized spacial score (nSPS) is 20.3. The van der Waals surface area contributed by atoms with Crippen LogP contribution in [0.15, 0.2) is 6.20 Å². The highest BCUT2D eigenvalue weighted by Crippen LogP contribution is 2.30. The first kappa shape index (κ1) is 11.5. The molecule has 0 aliphatic carbocycles. The van der Waals surface area contributed by atoms with E-state index < -0.39 is 0 Å². The van der Waals surface area contributed by atoms with E-state index in [2.05, 4.69) is 22.6 Å². The van der Waals surface area contributed by atoms with Crippen LogP contribution in [0.25, 0.3) is 0 Å². The van der Waals surface area contributed by atoms with E-state index in [-0.39, 0.29) is 16.4 Å². The summed E-state index contributed by atoms with van der Waals surface area (Å²) < 4.78 is 5.09. The molecular formula is C9H10ClN3O2S. The van der Waals surface area contributed by atoms with Crippen LogP contribution in [0.1, 0.15) is 6.42 Å². The fourth-order valence-corrected chi connectivity index (χ4v) is 2.02. The number of thiol groups is 1. The smallest absolute Gasteiger partial charge is 0.229 e. The van der Waals surface area contributed by atoms with Gasteiger partial charge < -0.3 is 4.74 Å². The van der Waals surface area contributed by atoms with Crippen LogP contribution < -0.4 is 9.64 Å². The summed E-state index contributed by atoms with van der Waals surface area (Å²) in [5.74, 6) is 0.803. The van der Waals surface area contributed by atoms with Crippen LogP contribution in [0.3, 0.4) is 0 Å². The van der Waals surface area contributed by atoms with Gasteiger partial charge in [0, 0.05) is 18.2 Å². The lowest BCUT2D eigenvalue weighted by atomic mass is 10.4. The second kappa shape index (κ2) is 4.47. The molecule has 0 spiro atoms. The molecule has 1 aliphatic rings. The summed E-state index contributed by atoms with van der Waals surface area (Å²) in [5.41, 5.74) is 0. The van der Waals surface area contributed by atoms with Gasteiger partial charge in [0.05, 0.1) is 13.3 Å². The van der Waals surface area contributed by atoms with Crippen molar-refractivity contribution in [2.45, 2.75) is 11.7 Å². The van der Waals surface area contributed by atoms with Gasteiger partial charge in [0.2, 0.25) is 11.2 Å². The molecule has 1 fully saturated rings. The summed E-state index contributed by atoms with van der Waals surface area (Å²) in [5, 5.41) is 0.108. The van der Waals surface area contributed by atoms with E-state index >= 15 is 0 Å². The number of aromatic nitrogens is 2. The van der Waals surface area contributed by atoms with Crippen LogP contribution >= 0.6 is 24.2 Å². The molecule has 0 bridgehead atoms. The minimum atomic E-state index is -0.0342. The van der Waals surface area contributed by atoms with E-state index in [0.29, 0.717) is 24.5 Å². The molecule has 1 aromatic heterocycles. The Bertz CT molecular complexity index is 429. The van der Waals surface area contributed by atoms with Gasteiger partial charge in [-0.25, -0.2) is 4.98 Å². The number of halogens is 1. The molecule has 0 aromatic carbocycles. The van der Waals surface area contributed by atoms with Crippen molar-refractivity contribution in [1.29, 1.82) is 0 Å². The quantitative estimate of drug-likeness (QED) is 0.640. The molecular weight excluding hydrogens is 250 g/mol. The van der Waals surface area contributed by atoms with E-state index in [1.54, 1.807) is 0 Å². The van der Waals surface area contributed by atoms with Crippen LogP contribution in [0.5, 0.6) is 5.75 Å². The molecule has 2 rings (SSSR count). The zero-order chi connectivity index (χ0) is 11.7. The van der Waals surface area contributed by atoms with Crippen LogP contribution in [-0.4, -0.2) is 34.8 Å². The molecule has 16 heavy (non-hydrogen) atoms. The number of anilines is 1. The lowest BCUT2D eigenvalue weighted by molar-refractivity contribution is -0.117. The average Bonchev–Trinajstić information content (AvgIpc) is 2.57. The Morgan fingerprint density at radius 2 is 2.44 bits per heavy atom. The fraction of sp³-hybridized carbons (Fsp3) is 0.444. The summed E-state index contributed by atoms with van der Waals surface area (Å²) in [4.78, 5) is 21.0. The first-order valence-electron chi connectivity index (χ1n) is 4.66. The highest BCUT2D eigenvalue weighted by Gasteiger charge is 2.31. The first-order valence-corrected chi connectivity index (χ1v) is 5.56. The molecule has 0 radical (unpaired) electrons. The van der Waals surface area contributed by atoms with Gasteiger partial charge in [0.1, 0.15) is 0 Å². The molecule has 2 heterocycles. The third kappa shape index (κ3) is 2.08. The average molecular weight is 260 g/mol. The monoisotopic (exact) mass is 259 g/mol. The first-order chi connectivity index (χ1) is 7.61. The van der Waals surface area contributed by atoms with Crippen molar-refractivity contribution in [3.05, 3.63) is 11.5 Å². The maximum Gasteiger partial charge on any atom is 0.229 e. The number of ether oxygens (including phenoxy) is 1. The van der Waals surface area contributed by atoms with Crippen molar-refractivity contribution in [3.63, 3.8) is 0 Å². The molecule has 0 N–H and O–H groups in total. The van der Waals surface area contributed by atoms with Crippen molar-refractivity contribution in [2.24, 2.45) is 0 Å². The Labute approximate surface area is 103 Å². The van der Waals surface area contributed by atoms with E-state index in [1.807, 2.05) is 0 Å². The summed E-state index contributed by atoms with van der Waals surface area (Å²) in [7, 11) is 1.49. The predicted molar refractivity (Wildman–Crippen MR) is 63.3 cm³/mol. The second-order valence-electron chi connectivity index (χ2n) is 3.39. The molecule has 1 aliphatic heterocycles. The Morgan fingerprint density at radius 1 is 1.69 bits per heavy atom. The fourth-order valence-electron chi connectivity index (χ4n) is 1.57. The largest absolute Gasteiger partial charge is 0.491 e. The Kier molecular flexibility index (Phi) is 3.20. The molecule has 1 unspecified atom stereocenters. The minimum Gasteiger partial charge on any atom is -0.491 e. The van der Waals surface area contributed by atoms with Crippen LogP contribution in [0.4, 0.5) is 5.82 Å². The van der Waals surface area contributed by atoms with Crippen LogP contribution in [0, 0.1) is 0 Å². The molecule has 7 heteroatoms. The highest BCUT2D eigenvalue weighted by atomic mass is 35.5. The summed E-state index contributed by atoms with van der Waals surface area (Å²) in [6, 6.07) is 0. The molecule has 1 saturated heterocycles.